The van der Waals surface area contributed by atoms with Crippen LogP contribution in [0.4, 0.5) is 10.5 Å². The summed E-state index contributed by atoms with van der Waals surface area (Å²) in [5, 5.41) is 5.80. The van der Waals surface area contributed by atoms with Crippen molar-refractivity contribution in [1.29, 1.82) is 0 Å². The number of nitrogens with one attached hydrogen (secondary N) is 2. The molecule has 2 amide bonds. The van der Waals surface area contributed by atoms with Crippen molar-refractivity contribution in [2.24, 2.45) is 0 Å². The van der Waals surface area contributed by atoms with E-state index >= 15 is 0 Å². The summed E-state index contributed by atoms with van der Waals surface area (Å²) in [7, 11) is 0. The largest absolute Gasteiger partial charge is 0.444 e. The lowest BCUT2D eigenvalue weighted by atomic mass is 10.1. The molecule has 1 aromatic heterocycles. The predicted octanol–water partition coefficient (Wildman–Crippen LogP) is 4.78. The van der Waals surface area contributed by atoms with Crippen molar-refractivity contribution in [3.05, 3.63) is 78.1 Å². The van der Waals surface area contributed by atoms with Crippen LogP contribution >= 0.6 is 0 Å². The fourth-order valence-corrected chi connectivity index (χ4v) is 3.42. The second-order valence-electron chi connectivity index (χ2n) is 8.82. The van der Waals surface area contributed by atoms with Gasteiger partial charge in [-0.3, -0.25) is 4.79 Å². The molecule has 164 valence electrons. The SMILES string of the molecule is CC(C)(C)OC(=O)N[C@@H]1C[C@H]1c1ccc(C(=O)Nc2ccc(-c3ncccn3)cc2)cc1. The van der Waals surface area contributed by atoms with Gasteiger partial charge < -0.3 is 15.4 Å². The van der Waals surface area contributed by atoms with E-state index in [1.165, 1.54) is 0 Å². The summed E-state index contributed by atoms with van der Waals surface area (Å²) in [6.07, 6.45) is 3.85. The van der Waals surface area contributed by atoms with Crippen LogP contribution in [-0.2, 0) is 4.74 Å². The van der Waals surface area contributed by atoms with Gasteiger partial charge in [0.25, 0.3) is 5.91 Å². The normalized spacial score (nSPS) is 17.3. The summed E-state index contributed by atoms with van der Waals surface area (Å²) in [6, 6.07) is 16.7. The lowest BCUT2D eigenvalue weighted by molar-refractivity contribution is 0.0522. The molecule has 1 aliphatic rings. The van der Waals surface area contributed by atoms with Gasteiger partial charge in [0.15, 0.2) is 5.82 Å². The second kappa shape index (κ2) is 8.78. The third kappa shape index (κ3) is 5.49. The Labute approximate surface area is 187 Å². The molecule has 0 unspecified atom stereocenters. The van der Waals surface area contributed by atoms with Crippen LogP contribution in [0.5, 0.6) is 0 Å². The van der Waals surface area contributed by atoms with Crippen molar-refractivity contribution in [3.8, 4) is 11.4 Å². The Balaban J connectivity index is 1.32. The molecule has 0 radical (unpaired) electrons. The lowest BCUT2D eigenvalue weighted by Gasteiger charge is -2.19. The maximum absolute atomic E-state index is 12.6. The monoisotopic (exact) mass is 430 g/mol. The Kier molecular flexibility index (Phi) is 5.90. The highest BCUT2D eigenvalue weighted by molar-refractivity contribution is 6.04. The van der Waals surface area contributed by atoms with Crippen LogP contribution in [-0.4, -0.2) is 33.6 Å². The van der Waals surface area contributed by atoms with E-state index in [1.54, 1.807) is 30.6 Å². The number of hydrogen-bond acceptors (Lipinski definition) is 5. The maximum atomic E-state index is 12.6. The van der Waals surface area contributed by atoms with Crippen LogP contribution in [0.25, 0.3) is 11.4 Å². The predicted molar refractivity (Wildman–Crippen MR) is 122 cm³/mol. The van der Waals surface area contributed by atoms with Crippen LogP contribution in [0.1, 0.15) is 49.0 Å². The highest BCUT2D eigenvalue weighted by Gasteiger charge is 2.40. The maximum Gasteiger partial charge on any atom is 0.407 e. The van der Waals surface area contributed by atoms with Gasteiger partial charge >= 0.3 is 6.09 Å². The molecule has 2 aromatic carbocycles. The summed E-state index contributed by atoms with van der Waals surface area (Å²) in [5.74, 6) is 0.701. The Hall–Kier alpha value is -3.74. The Bertz CT molecular complexity index is 1090. The molecule has 1 aliphatic carbocycles. The first kappa shape index (κ1) is 21.5. The molecular formula is C25H26N4O3. The van der Waals surface area contributed by atoms with E-state index in [0.29, 0.717) is 17.1 Å². The van der Waals surface area contributed by atoms with E-state index in [2.05, 4.69) is 20.6 Å². The smallest absolute Gasteiger partial charge is 0.407 e. The Morgan fingerprint density at radius 2 is 1.62 bits per heavy atom. The number of nitrogens with zero attached hydrogens (tertiary/aromatic N) is 2. The summed E-state index contributed by atoms with van der Waals surface area (Å²) in [6.45, 7) is 5.52. The number of alkyl carbamates (subject to hydrolysis) is 1. The van der Waals surface area contributed by atoms with Crippen molar-refractivity contribution in [2.45, 2.75) is 44.8 Å². The number of carbonyl (C=O) groups excluding carboxylic acids is 2. The van der Waals surface area contributed by atoms with E-state index in [-0.39, 0.29) is 17.9 Å². The minimum Gasteiger partial charge on any atom is -0.444 e. The minimum atomic E-state index is -0.515. The molecule has 2 N–H and O–H groups in total. The molecule has 0 saturated heterocycles. The Morgan fingerprint density at radius 3 is 2.25 bits per heavy atom. The van der Waals surface area contributed by atoms with Gasteiger partial charge in [-0.25, -0.2) is 14.8 Å². The molecule has 3 aromatic rings. The lowest BCUT2D eigenvalue weighted by Crippen LogP contribution is -2.34. The van der Waals surface area contributed by atoms with E-state index < -0.39 is 11.7 Å². The van der Waals surface area contributed by atoms with E-state index in [4.69, 9.17) is 4.74 Å². The van der Waals surface area contributed by atoms with Gasteiger partial charge in [0.05, 0.1) is 0 Å². The molecule has 32 heavy (non-hydrogen) atoms. The summed E-state index contributed by atoms with van der Waals surface area (Å²) in [5.41, 5.74) is 2.73. The molecule has 4 rings (SSSR count). The highest BCUT2D eigenvalue weighted by Crippen LogP contribution is 2.41. The van der Waals surface area contributed by atoms with Crippen LogP contribution in [0, 0.1) is 0 Å². The Morgan fingerprint density at radius 1 is 0.969 bits per heavy atom. The molecule has 0 spiro atoms. The van der Waals surface area contributed by atoms with Gasteiger partial charge in [-0.2, -0.15) is 0 Å². The van der Waals surface area contributed by atoms with Crippen LogP contribution in [0.15, 0.2) is 67.0 Å². The molecule has 2 atom stereocenters. The van der Waals surface area contributed by atoms with Crippen LogP contribution < -0.4 is 10.6 Å². The molecule has 0 bridgehead atoms. The number of ether oxygens (including phenoxy) is 1. The quantitative estimate of drug-likeness (QED) is 0.608. The fourth-order valence-electron chi connectivity index (χ4n) is 3.42. The molecule has 1 heterocycles. The number of benzene rings is 2. The van der Waals surface area contributed by atoms with Crippen molar-refractivity contribution < 1.29 is 14.3 Å². The van der Waals surface area contributed by atoms with Crippen molar-refractivity contribution >= 4 is 17.7 Å². The molecule has 0 aliphatic heterocycles. The van der Waals surface area contributed by atoms with Crippen molar-refractivity contribution in [1.82, 2.24) is 15.3 Å². The van der Waals surface area contributed by atoms with Gasteiger partial charge in [0.2, 0.25) is 0 Å². The van der Waals surface area contributed by atoms with Crippen molar-refractivity contribution in [3.63, 3.8) is 0 Å². The van der Waals surface area contributed by atoms with Crippen molar-refractivity contribution in [2.75, 3.05) is 5.32 Å². The topological polar surface area (TPSA) is 93.2 Å². The van der Waals surface area contributed by atoms with Gasteiger partial charge in [-0.15, -0.1) is 0 Å². The first-order valence-corrected chi connectivity index (χ1v) is 10.6. The third-order valence-electron chi connectivity index (χ3n) is 5.06. The average molecular weight is 431 g/mol. The molecule has 1 saturated carbocycles. The number of aromatic nitrogens is 2. The van der Waals surface area contributed by atoms with Gasteiger partial charge in [0, 0.05) is 41.2 Å². The van der Waals surface area contributed by atoms with Gasteiger partial charge in [0.1, 0.15) is 5.60 Å². The standard InChI is InChI=1S/C25H26N4O3/c1-25(2,3)32-24(31)29-21-15-20(21)16-5-7-18(8-6-16)23(30)28-19-11-9-17(10-12-19)22-26-13-4-14-27-22/h4-14,20-21H,15H2,1-3H3,(H,28,30)(H,29,31)/t20-,21+/m0/s1. The zero-order valence-electron chi connectivity index (χ0n) is 18.3. The average Bonchev–Trinajstić information content (AvgIpc) is 3.52. The number of carbonyl (C=O) groups is 2. The summed E-state index contributed by atoms with van der Waals surface area (Å²) >= 11 is 0. The molecule has 7 nitrogen and oxygen atoms in total. The van der Waals surface area contributed by atoms with Crippen LogP contribution in [0.2, 0.25) is 0 Å². The molecule has 1 fully saturated rings. The number of rotatable bonds is 5. The summed E-state index contributed by atoms with van der Waals surface area (Å²) in [4.78, 5) is 33.0. The first-order valence-electron chi connectivity index (χ1n) is 10.6. The highest BCUT2D eigenvalue weighted by atomic mass is 16.6. The molecule has 7 heteroatoms. The van der Waals surface area contributed by atoms with Crippen LogP contribution in [0.3, 0.4) is 0 Å². The fraction of sp³-hybridized carbons (Fsp3) is 0.280. The van der Waals surface area contributed by atoms with E-state index in [9.17, 15) is 9.59 Å². The van der Waals surface area contributed by atoms with Gasteiger partial charge in [-0.1, -0.05) is 12.1 Å². The van der Waals surface area contributed by atoms with E-state index in [0.717, 1.165) is 17.5 Å². The third-order valence-corrected chi connectivity index (χ3v) is 5.06. The number of hydrogen-bond donors (Lipinski definition) is 2. The number of amides is 2. The minimum absolute atomic E-state index is 0.0663. The second-order valence-corrected chi connectivity index (χ2v) is 8.82. The summed E-state index contributed by atoms with van der Waals surface area (Å²) < 4.78 is 5.30. The zero-order chi connectivity index (χ0) is 22.7. The first-order chi connectivity index (χ1) is 15.3. The van der Waals surface area contributed by atoms with Gasteiger partial charge in [-0.05, 0) is 75.2 Å². The zero-order valence-corrected chi connectivity index (χ0v) is 18.3. The van der Waals surface area contributed by atoms with E-state index in [1.807, 2.05) is 57.2 Å². The molecular weight excluding hydrogens is 404 g/mol. The number of anilines is 1.